The molecule has 2 rings (SSSR count). The summed E-state index contributed by atoms with van der Waals surface area (Å²) in [5.74, 6) is 0. The van der Waals surface area contributed by atoms with Crippen molar-refractivity contribution in [3.8, 4) is 0 Å². The topological polar surface area (TPSA) is 17.8 Å². The number of rotatable bonds is 3. The van der Waals surface area contributed by atoms with E-state index in [0.717, 1.165) is 12.1 Å². The van der Waals surface area contributed by atoms with Gasteiger partial charge in [0, 0.05) is 18.9 Å². The molecule has 0 N–H and O–H groups in total. The van der Waals surface area contributed by atoms with E-state index in [1.54, 1.807) is 6.20 Å². The van der Waals surface area contributed by atoms with Gasteiger partial charge in [0.1, 0.15) is 0 Å². The third-order valence-electron chi connectivity index (χ3n) is 2.14. The molecule has 1 aromatic heterocycles. The Hall–Kier alpha value is -1.83. The first kappa shape index (κ1) is 8.75. The molecule has 1 aromatic carbocycles. The van der Waals surface area contributed by atoms with Crippen LogP contribution in [0.25, 0.3) is 6.08 Å². The fourth-order valence-electron chi connectivity index (χ4n) is 1.35. The molecule has 0 saturated heterocycles. The predicted molar refractivity (Wildman–Crippen MR) is 57.9 cm³/mol. The minimum atomic E-state index is 0.872. The van der Waals surface area contributed by atoms with E-state index < -0.39 is 0 Å². The van der Waals surface area contributed by atoms with E-state index in [-0.39, 0.29) is 0 Å². The highest BCUT2D eigenvalue weighted by Crippen LogP contribution is 2.06. The summed E-state index contributed by atoms with van der Waals surface area (Å²) in [6.07, 6.45) is 7.42. The molecule has 70 valence electrons. The van der Waals surface area contributed by atoms with Crippen molar-refractivity contribution in [1.29, 1.82) is 0 Å². The van der Waals surface area contributed by atoms with Crippen LogP contribution < -0.4 is 0 Å². The highest BCUT2D eigenvalue weighted by molar-refractivity contribution is 5.47. The van der Waals surface area contributed by atoms with E-state index in [2.05, 4.69) is 35.8 Å². The summed E-state index contributed by atoms with van der Waals surface area (Å²) in [4.78, 5) is 4.00. The molecule has 2 heteroatoms. The molecule has 0 fully saturated rings. The van der Waals surface area contributed by atoms with Crippen LogP contribution in [0.1, 0.15) is 11.1 Å². The normalized spacial score (nSPS) is 10.0. The van der Waals surface area contributed by atoms with Crippen LogP contribution in [0, 0.1) is 0 Å². The van der Waals surface area contributed by atoms with Gasteiger partial charge >= 0.3 is 0 Å². The highest BCUT2D eigenvalue weighted by Gasteiger charge is 1.93. The summed E-state index contributed by atoms with van der Waals surface area (Å²) in [5.41, 5.74) is 2.42. The Morgan fingerprint density at radius 1 is 1.29 bits per heavy atom. The van der Waals surface area contributed by atoms with E-state index in [0.29, 0.717) is 0 Å². The first-order valence-electron chi connectivity index (χ1n) is 4.55. The van der Waals surface area contributed by atoms with E-state index in [1.165, 1.54) is 5.56 Å². The third kappa shape index (κ3) is 1.91. The van der Waals surface area contributed by atoms with Crippen molar-refractivity contribution < 1.29 is 0 Å². The predicted octanol–water partition coefficient (Wildman–Crippen LogP) is 2.57. The average molecular weight is 184 g/mol. The molecule has 0 unspecified atom stereocenters. The average Bonchev–Trinajstić information content (AvgIpc) is 2.72. The van der Waals surface area contributed by atoms with Crippen molar-refractivity contribution in [3.63, 3.8) is 0 Å². The number of hydrogen-bond acceptors (Lipinski definition) is 1. The molecule has 0 amide bonds. The molecule has 0 aliphatic carbocycles. The molecular weight excluding hydrogens is 172 g/mol. The Labute approximate surface area is 83.5 Å². The lowest BCUT2D eigenvalue weighted by molar-refractivity contribution is 0.797. The van der Waals surface area contributed by atoms with Crippen molar-refractivity contribution in [2.45, 2.75) is 6.54 Å². The lowest BCUT2D eigenvalue weighted by Gasteiger charge is -2.02. The molecule has 2 nitrogen and oxygen atoms in total. The first-order chi connectivity index (χ1) is 6.88. The Kier molecular flexibility index (Phi) is 2.45. The van der Waals surface area contributed by atoms with Crippen LogP contribution in [0.2, 0.25) is 0 Å². The van der Waals surface area contributed by atoms with Crippen molar-refractivity contribution in [1.82, 2.24) is 9.55 Å². The SMILES string of the molecule is C=Cc1ccc(Cn2ccnc2)cc1. The Morgan fingerprint density at radius 3 is 2.64 bits per heavy atom. The van der Waals surface area contributed by atoms with Crippen LogP contribution in [0.15, 0.2) is 49.6 Å². The molecule has 14 heavy (non-hydrogen) atoms. The van der Waals surface area contributed by atoms with Crippen LogP contribution in [-0.4, -0.2) is 9.55 Å². The van der Waals surface area contributed by atoms with Gasteiger partial charge < -0.3 is 4.57 Å². The zero-order valence-corrected chi connectivity index (χ0v) is 7.93. The second-order valence-electron chi connectivity index (χ2n) is 3.18. The van der Waals surface area contributed by atoms with Crippen molar-refractivity contribution in [2.75, 3.05) is 0 Å². The smallest absolute Gasteiger partial charge is 0.0949 e. The molecule has 0 saturated carbocycles. The number of aromatic nitrogens is 2. The molecule has 0 atom stereocenters. The van der Waals surface area contributed by atoms with E-state index >= 15 is 0 Å². The van der Waals surface area contributed by atoms with Gasteiger partial charge in [-0.1, -0.05) is 36.9 Å². The summed E-state index contributed by atoms with van der Waals surface area (Å²) in [5, 5.41) is 0. The number of nitrogens with zero attached hydrogens (tertiary/aromatic N) is 2. The monoisotopic (exact) mass is 184 g/mol. The van der Waals surface area contributed by atoms with Gasteiger partial charge in [0.2, 0.25) is 0 Å². The third-order valence-corrected chi connectivity index (χ3v) is 2.14. The Bertz CT molecular complexity index is 398. The number of hydrogen-bond donors (Lipinski definition) is 0. The summed E-state index contributed by atoms with van der Waals surface area (Å²) in [6, 6.07) is 8.35. The van der Waals surface area contributed by atoms with Gasteiger partial charge in [-0.25, -0.2) is 4.98 Å². The molecule has 1 heterocycles. The summed E-state index contributed by atoms with van der Waals surface area (Å²) in [7, 11) is 0. The lowest BCUT2D eigenvalue weighted by Crippen LogP contribution is -1.95. The standard InChI is InChI=1S/C12H12N2/c1-2-11-3-5-12(6-4-11)9-14-8-7-13-10-14/h2-8,10H,1,9H2. The van der Waals surface area contributed by atoms with E-state index in [1.807, 2.05) is 23.2 Å². The van der Waals surface area contributed by atoms with Crippen LogP contribution in [0.3, 0.4) is 0 Å². The maximum Gasteiger partial charge on any atom is 0.0949 e. The zero-order valence-electron chi connectivity index (χ0n) is 7.93. The van der Waals surface area contributed by atoms with Gasteiger partial charge in [0.15, 0.2) is 0 Å². The van der Waals surface area contributed by atoms with Gasteiger partial charge in [0.25, 0.3) is 0 Å². The van der Waals surface area contributed by atoms with Gasteiger partial charge in [0.05, 0.1) is 6.33 Å². The van der Waals surface area contributed by atoms with Crippen molar-refractivity contribution >= 4 is 6.08 Å². The summed E-state index contributed by atoms with van der Waals surface area (Å²) >= 11 is 0. The van der Waals surface area contributed by atoms with Gasteiger partial charge in [-0.05, 0) is 11.1 Å². The largest absolute Gasteiger partial charge is 0.333 e. The molecule has 0 spiro atoms. The molecule has 2 aromatic rings. The minimum absolute atomic E-state index is 0.872. The minimum Gasteiger partial charge on any atom is -0.333 e. The second kappa shape index (κ2) is 3.92. The number of benzene rings is 1. The molecule has 0 aliphatic rings. The Balaban J connectivity index is 2.14. The molecular formula is C12H12N2. The van der Waals surface area contributed by atoms with Gasteiger partial charge in [-0.3, -0.25) is 0 Å². The highest BCUT2D eigenvalue weighted by atomic mass is 15.0. The summed E-state index contributed by atoms with van der Waals surface area (Å²) in [6.45, 7) is 4.59. The molecule has 0 bridgehead atoms. The summed E-state index contributed by atoms with van der Waals surface area (Å²) < 4.78 is 2.04. The lowest BCUT2D eigenvalue weighted by atomic mass is 10.1. The van der Waals surface area contributed by atoms with E-state index in [4.69, 9.17) is 0 Å². The van der Waals surface area contributed by atoms with Crippen molar-refractivity contribution in [2.24, 2.45) is 0 Å². The maximum absolute atomic E-state index is 4.00. The first-order valence-corrected chi connectivity index (χ1v) is 4.55. The van der Waals surface area contributed by atoms with Crippen molar-refractivity contribution in [3.05, 3.63) is 60.7 Å². The molecule has 0 aliphatic heterocycles. The Morgan fingerprint density at radius 2 is 2.07 bits per heavy atom. The quantitative estimate of drug-likeness (QED) is 0.716. The van der Waals surface area contributed by atoms with Crippen LogP contribution in [0.4, 0.5) is 0 Å². The van der Waals surface area contributed by atoms with Crippen LogP contribution >= 0.6 is 0 Å². The maximum atomic E-state index is 4.00. The fraction of sp³-hybridized carbons (Fsp3) is 0.0833. The fourth-order valence-corrected chi connectivity index (χ4v) is 1.35. The molecule has 0 radical (unpaired) electrons. The van der Waals surface area contributed by atoms with Crippen LogP contribution in [-0.2, 0) is 6.54 Å². The second-order valence-corrected chi connectivity index (χ2v) is 3.18. The van der Waals surface area contributed by atoms with Crippen LogP contribution in [0.5, 0.6) is 0 Å². The van der Waals surface area contributed by atoms with Gasteiger partial charge in [-0.15, -0.1) is 0 Å². The number of imidazole rings is 1. The van der Waals surface area contributed by atoms with E-state index in [9.17, 15) is 0 Å². The van der Waals surface area contributed by atoms with Gasteiger partial charge in [-0.2, -0.15) is 0 Å². The zero-order chi connectivity index (χ0) is 9.80.